The molecule has 3 aliphatic heterocycles. The number of hydrogen-bond acceptors (Lipinski definition) is 7. The Morgan fingerprint density at radius 2 is 1.59 bits per heavy atom. The van der Waals surface area contributed by atoms with Crippen LogP contribution >= 0.6 is 0 Å². The molecule has 27 heavy (non-hydrogen) atoms. The third kappa shape index (κ3) is 2.67. The van der Waals surface area contributed by atoms with Crippen LogP contribution in [-0.4, -0.2) is 31.3 Å². The number of cyclic esters (lactones) is 1. The van der Waals surface area contributed by atoms with Crippen LogP contribution in [0.1, 0.15) is 17.2 Å². The molecule has 0 amide bonds. The lowest BCUT2D eigenvalue weighted by Crippen LogP contribution is -2.13. The van der Waals surface area contributed by atoms with E-state index in [2.05, 4.69) is 0 Å². The predicted octanol–water partition coefficient (Wildman–Crippen LogP) is 2.43. The number of aliphatic hydroxyl groups is 1. The van der Waals surface area contributed by atoms with Gasteiger partial charge in [0.15, 0.2) is 23.0 Å². The van der Waals surface area contributed by atoms with Gasteiger partial charge in [-0.25, -0.2) is 4.79 Å². The summed E-state index contributed by atoms with van der Waals surface area (Å²) in [5.41, 5.74) is 1.94. The SMILES string of the molecule is O=C1O[C@H](c2ccc3c(c2)OCO3)[C@@H](CO)/C1=C\c1ccc2c(c1)OCO2. The molecule has 1 saturated heterocycles. The van der Waals surface area contributed by atoms with Crippen LogP contribution in [0.3, 0.4) is 0 Å². The molecule has 7 heteroatoms. The van der Waals surface area contributed by atoms with Crippen molar-refractivity contribution >= 4 is 12.0 Å². The van der Waals surface area contributed by atoms with Crippen LogP contribution in [0.2, 0.25) is 0 Å². The number of carbonyl (C=O) groups is 1. The van der Waals surface area contributed by atoms with Crippen molar-refractivity contribution in [3.63, 3.8) is 0 Å². The van der Waals surface area contributed by atoms with Gasteiger partial charge in [0.05, 0.1) is 12.5 Å². The molecular weight excluding hydrogens is 352 g/mol. The first-order valence-electron chi connectivity index (χ1n) is 8.55. The van der Waals surface area contributed by atoms with E-state index in [0.29, 0.717) is 28.6 Å². The maximum absolute atomic E-state index is 12.5. The minimum absolute atomic E-state index is 0.169. The summed E-state index contributed by atoms with van der Waals surface area (Å²) in [5.74, 6) is 1.62. The molecule has 7 nitrogen and oxygen atoms in total. The van der Waals surface area contributed by atoms with Crippen molar-refractivity contribution in [2.45, 2.75) is 6.10 Å². The Hall–Kier alpha value is -3.19. The Morgan fingerprint density at radius 3 is 2.33 bits per heavy atom. The van der Waals surface area contributed by atoms with Gasteiger partial charge < -0.3 is 28.8 Å². The molecule has 138 valence electrons. The fourth-order valence-electron chi connectivity index (χ4n) is 3.51. The number of rotatable bonds is 3. The lowest BCUT2D eigenvalue weighted by Gasteiger charge is -2.16. The van der Waals surface area contributed by atoms with Crippen LogP contribution in [0.15, 0.2) is 42.0 Å². The second-order valence-electron chi connectivity index (χ2n) is 6.44. The lowest BCUT2D eigenvalue weighted by molar-refractivity contribution is -0.139. The molecule has 1 fully saturated rings. The number of ether oxygens (including phenoxy) is 5. The van der Waals surface area contributed by atoms with Gasteiger partial charge in [0, 0.05) is 5.57 Å². The lowest BCUT2D eigenvalue weighted by atomic mass is 9.91. The van der Waals surface area contributed by atoms with Gasteiger partial charge in [-0.3, -0.25) is 0 Å². The molecule has 3 aliphatic rings. The normalized spacial score (nSPS) is 23.7. The Kier molecular flexibility index (Phi) is 3.68. The fraction of sp³-hybridized carbons (Fsp3) is 0.250. The van der Waals surface area contributed by atoms with Crippen molar-refractivity contribution in [1.82, 2.24) is 0 Å². The monoisotopic (exact) mass is 368 g/mol. The average Bonchev–Trinajstić information content (AvgIpc) is 3.40. The minimum Gasteiger partial charge on any atom is -0.454 e. The molecule has 2 atom stereocenters. The molecule has 0 saturated carbocycles. The van der Waals surface area contributed by atoms with Crippen molar-refractivity contribution in [3.05, 3.63) is 53.1 Å². The van der Waals surface area contributed by atoms with E-state index in [0.717, 1.165) is 11.1 Å². The molecule has 3 heterocycles. The van der Waals surface area contributed by atoms with E-state index in [1.54, 1.807) is 30.3 Å². The smallest absolute Gasteiger partial charge is 0.335 e. The summed E-state index contributed by atoms with van der Waals surface area (Å²) in [6.07, 6.45) is 1.13. The summed E-state index contributed by atoms with van der Waals surface area (Å²) in [5, 5.41) is 9.94. The van der Waals surface area contributed by atoms with E-state index in [1.165, 1.54) is 0 Å². The summed E-state index contributed by atoms with van der Waals surface area (Å²) in [6.45, 7) is 0.131. The largest absolute Gasteiger partial charge is 0.454 e. The minimum atomic E-state index is -0.586. The van der Waals surface area contributed by atoms with Gasteiger partial charge in [-0.05, 0) is 41.5 Å². The Labute approximate surface area is 154 Å². The standard InChI is InChI=1S/C20H16O7/c21-8-14-13(5-11-1-3-15-17(6-11)25-9-23-15)20(22)27-19(14)12-2-4-16-18(7-12)26-10-24-16/h1-7,14,19,21H,8-10H2/b13-5+/t14-,19+/m0/s1. The first kappa shape index (κ1) is 16.0. The maximum atomic E-state index is 12.5. The van der Waals surface area contributed by atoms with E-state index < -0.39 is 18.0 Å². The second kappa shape index (κ2) is 6.21. The van der Waals surface area contributed by atoms with Crippen molar-refractivity contribution < 1.29 is 33.6 Å². The van der Waals surface area contributed by atoms with Gasteiger partial charge in [-0.1, -0.05) is 12.1 Å². The molecule has 0 spiro atoms. The molecule has 0 bridgehead atoms. The number of benzene rings is 2. The van der Waals surface area contributed by atoms with Gasteiger partial charge in [-0.15, -0.1) is 0 Å². The first-order valence-corrected chi connectivity index (χ1v) is 8.55. The van der Waals surface area contributed by atoms with Gasteiger partial charge in [0.2, 0.25) is 13.6 Å². The van der Waals surface area contributed by atoms with Crippen molar-refractivity contribution in [3.8, 4) is 23.0 Å². The highest BCUT2D eigenvalue weighted by atomic mass is 16.7. The Balaban J connectivity index is 1.48. The summed E-state index contributed by atoms with van der Waals surface area (Å²) in [7, 11) is 0. The van der Waals surface area contributed by atoms with Crippen LogP contribution < -0.4 is 18.9 Å². The number of aliphatic hydroxyl groups excluding tert-OH is 1. The summed E-state index contributed by atoms with van der Waals surface area (Å²) < 4.78 is 27.0. The zero-order valence-electron chi connectivity index (χ0n) is 14.2. The number of esters is 1. The van der Waals surface area contributed by atoms with Crippen molar-refractivity contribution in [2.24, 2.45) is 5.92 Å². The predicted molar refractivity (Wildman–Crippen MR) is 92.5 cm³/mol. The molecule has 0 aliphatic carbocycles. The van der Waals surface area contributed by atoms with E-state index in [1.807, 2.05) is 12.1 Å². The summed E-state index contributed by atoms with van der Waals surface area (Å²) in [6, 6.07) is 10.8. The van der Waals surface area contributed by atoms with Crippen LogP contribution in [0.4, 0.5) is 0 Å². The third-order valence-corrected chi connectivity index (χ3v) is 4.88. The van der Waals surface area contributed by atoms with Gasteiger partial charge in [0.1, 0.15) is 6.10 Å². The zero-order valence-corrected chi connectivity index (χ0v) is 14.2. The first-order chi connectivity index (χ1) is 13.2. The number of carbonyl (C=O) groups excluding carboxylic acids is 1. The van der Waals surface area contributed by atoms with Gasteiger partial charge in [0.25, 0.3) is 0 Å². The van der Waals surface area contributed by atoms with Crippen LogP contribution in [-0.2, 0) is 9.53 Å². The Bertz CT molecular complexity index is 949. The molecular formula is C20H16O7. The van der Waals surface area contributed by atoms with Crippen molar-refractivity contribution in [1.29, 1.82) is 0 Å². The molecule has 0 aromatic heterocycles. The van der Waals surface area contributed by atoms with Gasteiger partial charge in [-0.2, -0.15) is 0 Å². The zero-order chi connectivity index (χ0) is 18.4. The van der Waals surface area contributed by atoms with Gasteiger partial charge >= 0.3 is 5.97 Å². The maximum Gasteiger partial charge on any atom is 0.335 e. The molecule has 1 N–H and O–H groups in total. The fourth-order valence-corrected chi connectivity index (χ4v) is 3.51. The topological polar surface area (TPSA) is 83.5 Å². The molecule has 2 aromatic rings. The number of hydrogen-bond donors (Lipinski definition) is 1. The van der Waals surface area contributed by atoms with E-state index in [-0.39, 0.29) is 20.2 Å². The highest BCUT2D eigenvalue weighted by Gasteiger charge is 2.41. The van der Waals surface area contributed by atoms with Crippen LogP contribution in [0.25, 0.3) is 6.08 Å². The summed E-state index contributed by atoms with van der Waals surface area (Å²) in [4.78, 5) is 12.5. The third-order valence-electron chi connectivity index (χ3n) is 4.88. The highest BCUT2D eigenvalue weighted by molar-refractivity contribution is 5.96. The molecule has 5 rings (SSSR count). The quantitative estimate of drug-likeness (QED) is 0.658. The van der Waals surface area contributed by atoms with E-state index in [4.69, 9.17) is 23.7 Å². The highest BCUT2D eigenvalue weighted by Crippen LogP contribution is 2.43. The van der Waals surface area contributed by atoms with Crippen molar-refractivity contribution in [2.75, 3.05) is 20.2 Å². The second-order valence-corrected chi connectivity index (χ2v) is 6.44. The number of fused-ring (bicyclic) bond motifs is 2. The summed E-state index contributed by atoms with van der Waals surface area (Å²) >= 11 is 0. The molecule has 0 radical (unpaired) electrons. The van der Waals surface area contributed by atoms with E-state index in [9.17, 15) is 9.90 Å². The van der Waals surface area contributed by atoms with Crippen LogP contribution in [0.5, 0.6) is 23.0 Å². The van der Waals surface area contributed by atoms with E-state index >= 15 is 0 Å². The Morgan fingerprint density at radius 1 is 0.926 bits per heavy atom. The van der Waals surface area contributed by atoms with Crippen LogP contribution in [0, 0.1) is 5.92 Å². The molecule has 2 aromatic carbocycles. The average molecular weight is 368 g/mol. The molecule has 0 unspecified atom stereocenters.